The molecule has 0 aliphatic rings. The number of hydrogen-bond donors (Lipinski definition) is 2. The van der Waals surface area contributed by atoms with Crippen LogP contribution in [0.3, 0.4) is 0 Å². The first kappa shape index (κ1) is 17.4. The van der Waals surface area contributed by atoms with Crippen LogP contribution in [0.2, 0.25) is 5.02 Å². The van der Waals surface area contributed by atoms with Crippen molar-refractivity contribution in [1.29, 1.82) is 0 Å². The Kier molecular flexibility index (Phi) is 6.56. The normalized spacial score (nSPS) is 12.1. The zero-order valence-electron chi connectivity index (χ0n) is 12.6. The summed E-state index contributed by atoms with van der Waals surface area (Å²) in [7, 11) is 0. The second-order valence-corrected chi connectivity index (χ2v) is 5.86. The van der Waals surface area contributed by atoms with Gasteiger partial charge in [0.1, 0.15) is 5.82 Å². The van der Waals surface area contributed by atoms with Gasteiger partial charge < -0.3 is 10.4 Å². The molecular formula is C18H19ClFNO2. The standard InChI is InChI=1S/C18H19ClFNO2/c19-16-8-6-14(11-17(16)20)12-21-15(7-9-18(22)23)10-13-4-2-1-3-5-13/h1-6,8,11,15,21H,7,9-10,12H2,(H,22,23). The lowest BCUT2D eigenvalue weighted by atomic mass is 10.0. The second-order valence-electron chi connectivity index (χ2n) is 5.45. The Morgan fingerprint density at radius 3 is 2.57 bits per heavy atom. The number of carboxylic acid groups (broad SMARTS) is 1. The van der Waals surface area contributed by atoms with Gasteiger partial charge in [-0.2, -0.15) is 0 Å². The van der Waals surface area contributed by atoms with E-state index < -0.39 is 11.8 Å². The van der Waals surface area contributed by atoms with Gasteiger partial charge in [0.25, 0.3) is 0 Å². The maximum Gasteiger partial charge on any atom is 0.303 e. The molecule has 1 unspecified atom stereocenters. The summed E-state index contributed by atoms with van der Waals surface area (Å²) in [6, 6.07) is 14.6. The van der Waals surface area contributed by atoms with Gasteiger partial charge in [0, 0.05) is 19.0 Å². The molecule has 5 heteroatoms. The Bertz CT molecular complexity index is 649. The molecule has 2 N–H and O–H groups in total. The Labute approximate surface area is 140 Å². The third-order valence-corrected chi connectivity index (χ3v) is 3.92. The fraction of sp³-hybridized carbons (Fsp3) is 0.278. The molecule has 0 aromatic heterocycles. The number of rotatable bonds is 8. The van der Waals surface area contributed by atoms with Gasteiger partial charge in [-0.25, -0.2) is 4.39 Å². The van der Waals surface area contributed by atoms with E-state index in [1.807, 2.05) is 30.3 Å². The first-order valence-corrected chi connectivity index (χ1v) is 7.85. The fourth-order valence-electron chi connectivity index (χ4n) is 2.38. The third-order valence-electron chi connectivity index (χ3n) is 3.61. The van der Waals surface area contributed by atoms with Gasteiger partial charge >= 0.3 is 5.97 Å². The average Bonchev–Trinajstić information content (AvgIpc) is 2.54. The monoisotopic (exact) mass is 335 g/mol. The van der Waals surface area contributed by atoms with E-state index in [1.54, 1.807) is 6.07 Å². The molecule has 2 aromatic rings. The van der Waals surface area contributed by atoms with Crippen molar-refractivity contribution in [1.82, 2.24) is 5.32 Å². The van der Waals surface area contributed by atoms with Gasteiger partial charge in [0.05, 0.1) is 5.02 Å². The molecule has 0 bridgehead atoms. The van der Waals surface area contributed by atoms with Crippen LogP contribution in [0.15, 0.2) is 48.5 Å². The van der Waals surface area contributed by atoms with Gasteiger partial charge in [0.15, 0.2) is 0 Å². The van der Waals surface area contributed by atoms with Crippen LogP contribution in [-0.4, -0.2) is 17.1 Å². The topological polar surface area (TPSA) is 49.3 Å². The van der Waals surface area contributed by atoms with E-state index in [2.05, 4.69) is 5.32 Å². The van der Waals surface area contributed by atoms with Crippen LogP contribution in [0.4, 0.5) is 4.39 Å². The summed E-state index contributed by atoms with van der Waals surface area (Å²) >= 11 is 5.67. The highest BCUT2D eigenvalue weighted by atomic mass is 35.5. The molecule has 0 fully saturated rings. The van der Waals surface area contributed by atoms with Crippen molar-refractivity contribution in [2.45, 2.75) is 31.8 Å². The van der Waals surface area contributed by atoms with Gasteiger partial charge in [-0.1, -0.05) is 48.0 Å². The van der Waals surface area contributed by atoms with Crippen LogP contribution < -0.4 is 5.32 Å². The lowest BCUT2D eigenvalue weighted by Crippen LogP contribution is -2.31. The van der Waals surface area contributed by atoms with Crippen LogP contribution in [-0.2, 0) is 17.8 Å². The van der Waals surface area contributed by atoms with Crippen molar-refractivity contribution in [3.8, 4) is 0 Å². The summed E-state index contributed by atoms with van der Waals surface area (Å²) in [5.74, 6) is -1.27. The van der Waals surface area contributed by atoms with Crippen molar-refractivity contribution in [3.63, 3.8) is 0 Å². The first-order chi connectivity index (χ1) is 11.0. The molecule has 1 atom stereocenters. The van der Waals surface area contributed by atoms with Crippen LogP contribution in [0, 0.1) is 5.82 Å². The van der Waals surface area contributed by atoms with Crippen LogP contribution in [0.1, 0.15) is 24.0 Å². The predicted octanol–water partition coefficient (Wildman–Crippen LogP) is 4.04. The molecule has 0 amide bonds. The predicted molar refractivity (Wildman–Crippen MR) is 89.1 cm³/mol. The minimum atomic E-state index is -0.817. The lowest BCUT2D eigenvalue weighted by Gasteiger charge is -2.18. The molecule has 2 aromatic carbocycles. The minimum absolute atomic E-state index is 0.00670. The van der Waals surface area contributed by atoms with Crippen LogP contribution >= 0.6 is 11.6 Å². The van der Waals surface area contributed by atoms with Crippen molar-refractivity contribution in [2.24, 2.45) is 0 Å². The fourth-order valence-corrected chi connectivity index (χ4v) is 2.50. The SMILES string of the molecule is O=C(O)CCC(Cc1ccccc1)NCc1ccc(Cl)c(F)c1. The number of aliphatic carboxylic acids is 1. The summed E-state index contributed by atoms with van der Waals surface area (Å²) in [5, 5.41) is 12.3. The largest absolute Gasteiger partial charge is 0.481 e. The number of benzene rings is 2. The molecule has 0 saturated heterocycles. The van der Waals surface area contributed by atoms with E-state index in [1.165, 1.54) is 12.1 Å². The maximum atomic E-state index is 13.5. The first-order valence-electron chi connectivity index (χ1n) is 7.47. The summed E-state index contributed by atoms with van der Waals surface area (Å²) in [4.78, 5) is 10.8. The van der Waals surface area contributed by atoms with Gasteiger partial charge in [-0.3, -0.25) is 4.79 Å². The quantitative estimate of drug-likeness (QED) is 0.765. The molecule has 23 heavy (non-hydrogen) atoms. The zero-order valence-corrected chi connectivity index (χ0v) is 13.4. The van der Waals surface area contributed by atoms with Gasteiger partial charge in [0.2, 0.25) is 0 Å². The Morgan fingerprint density at radius 1 is 1.17 bits per heavy atom. The van der Waals surface area contributed by atoms with Gasteiger partial charge in [-0.15, -0.1) is 0 Å². The number of nitrogens with one attached hydrogen (secondary N) is 1. The highest BCUT2D eigenvalue weighted by Crippen LogP contribution is 2.16. The molecule has 3 nitrogen and oxygen atoms in total. The lowest BCUT2D eigenvalue weighted by molar-refractivity contribution is -0.137. The van der Waals surface area contributed by atoms with Crippen LogP contribution in [0.5, 0.6) is 0 Å². The Balaban J connectivity index is 1.98. The molecule has 122 valence electrons. The number of carboxylic acids is 1. The summed E-state index contributed by atoms with van der Waals surface area (Å²) in [6.45, 7) is 0.464. The van der Waals surface area contributed by atoms with E-state index in [4.69, 9.17) is 16.7 Å². The maximum absolute atomic E-state index is 13.5. The summed E-state index contributed by atoms with van der Waals surface area (Å²) < 4.78 is 13.5. The van der Waals surface area contributed by atoms with E-state index in [-0.39, 0.29) is 17.5 Å². The average molecular weight is 336 g/mol. The minimum Gasteiger partial charge on any atom is -0.481 e. The Morgan fingerprint density at radius 2 is 1.91 bits per heavy atom. The third kappa shape index (κ3) is 6.00. The van der Waals surface area contributed by atoms with E-state index >= 15 is 0 Å². The highest BCUT2D eigenvalue weighted by molar-refractivity contribution is 6.30. The number of halogens is 2. The van der Waals surface area contributed by atoms with Crippen molar-refractivity contribution in [3.05, 3.63) is 70.5 Å². The molecule has 0 radical (unpaired) electrons. The van der Waals surface area contributed by atoms with Gasteiger partial charge in [-0.05, 0) is 36.1 Å². The van der Waals surface area contributed by atoms with E-state index in [0.717, 1.165) is 17.5 Å². The zero-order chi connectivity index (χ0) is 16.7. The molecule has 0 saturated carbocycles. The molecule has 2 rings (SSSR count). The molecule has 0 spiro atoms. The Hall–Kier alpha value is -1.91. The van der Waals surface area contributed by atoms with Crippen molar-refractivity contribution >= 4 is 17.6 Å². The molecule has 0 aliphatic carbocycles. The van der Waals surface area contributed by atoms with Crippen LogP contribution in [0.25, 0.3) is 0 Å². The summed E-state index contributed by atoms with van der Waals surface area (Å²) in [5.41, 5.74) is 1.91. The highest BCUT2D eigenvalue weighted by Gasteiger charge is 2.12. The second kappa shape index (κ2) is 8.65. The van der Waals surface area contributed by atoms with Crippen molar-refractivity contribution < 1.29 is 14.3 Å². The van der Waals surface area contributed by atoms with E-state index in [9.17, 15) is 9.18 Å². The number of carbonyl (C=O) groups is 1. The number of hydrogen-bond acceptors (Lipinski definition) is 2. The smallest absolute Gasteiger partial charge is 0.303 e. The molecule has 0 heterocycles. The van der Waals surface area contributed by atoms with Crippen molar-refractivity contribution in [2.75, 3.05) is 0 Å². The van der Waals surface area contributed by atoms with E-state index in [0.29, 0.717) is 13.0 Å². The molecular weight excluding hydrogens is 317 g/mol. The molecule has 0 aliphatic heterocycles. The summed E-state index contributed by atoms with van der Waals surface area (Å²) in [6.07, 6.45) is 1.34.